The summed E-state index contributed by atoms with van der Waals surface area (Å²) in [5.74, 6) is -1.63. The van der Waals surface area contributed by atoms with Crippen molar-refractivity contribution in [3.63, 3.8) is 0 Å². The van der Waals surface area contributed by atoms with Crippen molar-refractivity contribution in [1.82, 2.24) is 9.29 Å². The number of para-hydroxylation sites is 1. The minimum Gasteiger partial charge on any atom is -0.456 e. The van der Waals surface area contributed by atoms with E-state index in [2.05, 4.69) is 4.98 Å². The van der Waals surface area contributed by atoms with Crippen LogP contribution in [0, 0.1) is 5.82 Å². The number of carbonyl (C=O) groups is 1. The Balaban J connectivity index is 1.42. The molecule has 0 radical (unpaired) electrons. The molecule has 0 N–H and O–H groups in total. The van der Waals surface area contributed by atoms with E-state index in [1.165, 1.54) is 10.4 Å². The quantitative estimate of drug-likeness (QED) is 0.296. The molecular formula is C26H23FN2O4S. The molecule has 0 saturated carbocycles. The number of piperidine rings is 1. The lowest BCUT2D eigenvalue weighted by Gasteiger charge is -2.26. The Morgan fingerprint density at radius 2 is 1.59 bits per heavy atom. The molecule has 34 heavy (non-hydrogen) atoms. The molecule has 0 unspecified atom stereocenters. The third kappa shape index (κ3) is 4.15. The Labute approximate surface area is 197 Å². The number of sulfonamides is 1. The number of esters is 1. The lowest BCUT2D eigenvalue weighted by atomic mass is 10.0. The normalized spacial score (nSPS) is 15.0. The summed E-state index contributed by atoms with van der Waals surface area (Å²) >= 11 is 0. The monoisotopic (exact) mass is 478 g/mol. The number of hydrogen-bond acceptors (Lipinski definition) is 5. The van der Waals surface area contributed by atoms with Gasteiger partial charge in [0.2, 0.25) is 10.0 Å². The first-order chi connectivity index (χ1) is 16.4. The molecule has 8 heteroatoms. The maximum absolute atomic E-state index is 14.5. The van der Waals surface area contributed by atoms with Crippen molar-refractivity contribution >= 4 is 37.7 Å². The largest absolute Gasteiger partial charge is 0.456 e. The summed E-state index contributed by atoms with van der Waals surface area (Å²) < 4.78 is 47.2. The van der Waals surface area contributed by atoms with Crippen LogP contribution in [-0.2, 0) is 21.4 Å². The van der Waals surface area contributed by atoms with Gasteiger partial charge < -0.3 is 4.74 Å². The van der Waals surface area contributed by atoms with Crippen molar-refractivity contribution in [2.24, 2.45) is 0 Å². The summed E-state index contributed by atoms with van der Waals surface area (Å²) in [7, 11) is -4.03. The highest BCUT2D eigenvalue weighted by molar-refractivity contribution is 7.89. The van der Waals surface area contributed by atoms with Gasteiger partial charge in [-0.05, 0) is 42.5 Å². The van der Waals surface area contributed by atoms with Crippen LogP contribution in [0.25, 0.3) is 21.7 Å². The number of hydrogen-bond donors (Lipinski definition) is 0. The smallest absolute Gasteiger partial charge is 0.338 e. The summed E-state index contributed by atoms with van der Waals surface area (Å²) in [6, 6.07) is 18.7. The van der Waals surface area contributed by atoms with Gasteiger partial charge in [-0.3, -0.25) is 0 Å². The first-order valence-electron chi connectivity index (χ1n) is 11.2. The fourth-order valence-electron chi connectivity index (χ4n) is 4.37. The SMILES string of the molecule is O=C(OCc1nc2ccccc2c2ccccc12)c1ccc(F)c(S(=O)(=O)N2CCCCC2)c1. The predicted molar refractivity (Wildman–Crippen MR) is 127 cm³/mol. The third-order valence-corrected chi connectivity index (χ3v) is 8.04. The molecule has 2 heterocycles. The fourth-order valence-corrected chi connectivity index (χ4v) is 5.98. The summed E-state index contributed by atoms with van der Waals surface area (Å²) in [5, 5.41) is 2.86. The standard InChI is InChI=1S/C26H23FN2O4S/c27-22-13-12-18(16-25(22)34(31,32)29-14-6-1-7-15-29)26(30)33-17-24-21-10-3-2-8-19(21)20-9-4-5-11-23(20)28-24/h2-5,8-13,16H,1,6-7,14-15,17H2. The molecule has 0 bridgehead atoms. The maximum atomic E-state index is 14.5. The predicted octanol–water partition coefficient (Wildman–Crippen LogP) is 5.06. The second-order valence-electron chi connectivity index (χ2n) is 8.31. The Bertz CT molecular complexity index is 1500. The minimum absolute atomic E-state index is 0.0259. The zero-order chi connectivity index (χ0) is 23.7. The number of halogens is 1. The van der Waals surface area contributed by atoms with Crippen molar-refractivity contribution < 1.29 is 22.3 Å². The zero-order valence-electron chi connectivity index (χ0n) is 18.4. The first kappa shape index (κ1) is 22.4. The van der Waals surface area contributed by atoms with Gasteiger partial charge in [-0.15, -0.1) is 0 Å². The molecule has 1 aliphatic rings. The lowest BCUT2D eigenvalue weighted by molar-refractivity contribution is 0.0469. The Hall–Kier alpha value is -3.36. The van der Waals surface area contributed by atoms with E-state index >= 15 is 0 Å². The van der Waals surface area contributed by atoms with Gasteiger partial charge in [-0.2, -0.15) is 4.31 Å². The van der Waals surface area contributed by atoms with E-state index in [1.807, 2.05) is 48.5 Å². The highest BCUT2D eigenvalue weighted by Gasteiger charge is 2.29. The van der Waals surface area contributed by atoms with E-state index in [1.54, 1.807) is 0 Å². The molecule has 0 amide bonds. The molecule has 174 valence electrons. The Morgan fingerprint density at radius 1 is 0.912 bits per heavy atom. The second kappa shape index (κ2) is 9.12. The minimum atomic E-state index is -4.03. The van der Waals surface area contributed by atoms with Crippen molar-refractivity contribution in [3.8, 4) is 0 Å². The van der Waals surface area contributed by atoms with Gasteiger partial charge in [0.1, 0.15) is 17.3 Å². The number of pyridine rings is 1. The third-order valence-electron chi connectivity index (χ3n) is 6.13. The number of nitrogens with zero attached hydrogens (tertiary/aromatic N) is 2. The number of ether oxygens (including phenoxy) is 1. The molecule has 5 rings (SSSR count). The van der Waals surface area contributed by atoms with E-state index in [4.69, 9.17) is 4.74 Å². The van der Waals surface area contributed by atoms with Crippen LogP contribution in [0.4, 0.5) is 4.39 Å². The van der Waals surface area contributed by atoms with Crippen molar-refractivity contribution in [2.75, 3.05) is 13.1 Å². The molecule has 6 nitrogen and oxygen atoms in total. The maximum Gasteiger partial charge on any atom is 0.338 e. The molecule has 0 spiro atoms. The van der Waals surface area contributed by atoms with Crippen LogP contribution in [0.15, 0.2) is 71.6 Å². The highest BCUT2D eigenvalue weighted by Crippen LogP contribution is 2.27. The molecule has 3 aromatic carbocycles. The van der Waals surface area contributed by atoms with E-state index < -0.39 is 26.7 Å². The topological polar surface area (TPSA) is 76.6 Å². The van der Waals surface area contributed by atoms with Crippen LogP contribution < -0.4 is 0 Å². The van der Waals surface area contributed by atoms with Gasteiger partial charge in [0.05, 0.1) is 16.8 Å². The van der Waals surface area contributed by atoms with Crippen LogP contribution >= 0.6 is 0 Å². The number of benzene rings is 3. The summed E-state index contributed by atoms with van der Waals surface area (Å²) in [5.41, 5.74) is 1.34. The zero-order valence-corrected chi connectivity index (χ0v) is 19.2. The molecule has 0 aliphatic carbocycles. The molecule has 1 saturated heterocycles. The summed E-state index contributed by atoms with van der Waals surface area (Å²) in [6.07, 6.45) is 2.41. The van der Waals surface area contributed by atoms with Crippen molar-refractivity contribution in [1.29, 1.82) is 0 Å². The van der Waals surface area contributed by atoms with Crippen LogP contribution in [0.2, 0.25) is 0 Å². The van der Waals surface area contributed by atoms with Gasteiger partial charge in [0, 0.05) is 23.9 Å². The van der Waals surface area contributed by atoms with Crippen LogP contribution in [-0.4, -0.2) is 36.8 Å². The van der Waals surface area contributed by atoms with Gasteiger partial charge in [-0.25, -0.2) is 22.6 Å². The Morgan fingerprint density at radius 3 is 2.35 bits per heavy atom. The fraction of sp³-hybridized carbons (Fsp3) is 0.231. The Kier molecular flexibility index (Phi) is 6.02. The average Bonchev–Trinajstić information content (AvgIpc) is 2.87. The van der Waals surface area contributed by atoms with E-state index in [0.29, 0.717) is 18.8 Å². The molecule has 1 aliphatic heterocycles. The molecule has 1 aromatic heterocycles. The van der Waals surface area contributed by atoms with Crippen molar-refractivity contribution in [2.45, 2.75) is 30.8 Å². The van der Waals surface area contributed by atoms with Gasteiger partial charge in [0.25, 0.3) is 0 Å². The van der Waals surface area contributed by atoms with Crippen molar-refractivity contribution in [3.05, 3.63) is 83.8 Å². The molecular weight excluding hydrogens is 455 g/mol. The summed E-state index contributed by atoms with van der Waals surface area (Å²) in [6.45, 7) is 0.587. The van der Waals surface area contributed by atoms with Crippen LogP contribution in [0.5, 0.6) is 0 Å². The number of aromatic nitrogens is 1. The molecule has 4 aromatic rings. The molecule has 0 atom stereocenters. The van der Waals surface area contributed by atoms with Gasteiger partial charge in [-0.1, -0.05) is 48.9 Å². The first-order valence-corrected chi connectivity index (χ1v) is 12.6. The molecule has 1 fully saturated rings. The number of rotatable bonds is 5. The average molecular weight is 479 g/mol. The van der Waals surface area contributed by atoms with Gasteiger partial charge in [0.15, 0.2) is 0 Å². The van der Waals surface area contributed by atoms with Crippen LogP contribution in [0.1, 0.15) is 35.3 Å². The number of fused-ring (bicyclic) bond motifs is 3. The highest BCUT2D eigenvalue weighted by atomic mass is 32.2. The summed E-state index contributed by atoms with van der Waals surface area (Å²) in [4.78, 5) is 17.0. The van der Waals surface area contributed by atoms with E-state index in [9.17, 15) is 17.6 Å². The van der Waals surface area contributed by atoms with E-state index in [0.717, 1.165) is 53.1 Å². The second-order valence-corrected chi connectivity index (χ2v) is 10.2. The van der Waals surface area contributed by atoms with Crippen LogP contribution in [0.3, 0.4) is 0 Å². The van der Waals surface area contributed by atoms with E-state index in [-0.39, 0.29) is 12.2 Å². The number of carbonyl (C=O) groups excluding carboxylic acids is 1. The lowest BCUT2D eigenvalue weighted by Crippen LogP contribution is -2.36. The van der Waals surface area contributed by atoms with Gasteiger partial charge >= 0.3 is 5.97 Å².